The molecule has 2 nitrogen and oxygen atoms in total. The summed E-state index contributed by atoms with van der Waals surface area (Å²) in [6.07, 6.45) is 0. The molecular formula is C16H18ClNO. The molecule has 0 atom stereocenters. The van der Waals surface area contributed by atoms with Gasteiger partial charge in [0.1, 0.15) is 0 Å². The number of nitrogens with zero attached hydrogens (tertiary/aromatic N) is 1. The molecule has 2 aromatic rings. The first kappa shape index (κ1) is 13.9. The number of rotatable bonds is 3. The molecule has 0 bridgehead atoms. The van der Waals surface area contributed by atoms with Crippen LogP contribution in [0.2, 0.25) is 5.02 Å². The molecule has 0 saturated carbocycles. The maximum absolute atomic E-state index is 9.46. The molecule has 0 aromatic heterocycles. The van der Waals surface area contributed by atoms with Crippen molar-refractivity contribution in [1.29, 1.82) is 0 Å². The Morgan fingerprint density at radius 2 is 1.74 bits per heavy atom. The van der Waals surface area contributed by atoms with Crippen molar-refractivity contribution < 1.29 is 5.11 Å². The summed E-state index contributed by atoms with van der Waals surface area (Å²) in [6.45, 7) is 4.12. The predicted molar refractivity (Wildman–Crippen MR) is 81.4 cm³/mol. The molecule has 100 valence electrons. The molecule has 0 aliphatic rings. The van der Waals surface area contributed by atoms with E-state index in [0.29, 0.717) is 5.02 Å². The second kappa shape index (κ2) is 5.64. The zero-order chi connectivity index (χ0) is 14.0. The molecule has 2 aromatic carbocycles. The minimum Gasteiger partial charge on any atom is -0.392 e. The number of benzene rings is 2. The fraction of sp³-hybridized carbons (Fsp3) is 0.250. The molecule has 19 heavy (non-hydrogen) atoms. The summed E-state index contributed by atoms with van der Waals surface area (Å²) in [4.78, 5) is 2.02. The van der Waals surface area contributed by atoms with Gasteiger partial charge in [-0.1, -0.05) is 29.8 Å². The van der Waals surface area contributed by atoms with Crippen molar-refractivity contribution in [3.05, 3.63) is 58.1 Å². The second-order valence-electron chi connectivity index (χ2n) is 4.81. The van der Waals surface area contributed by atoms with Crippen LogP contribution in [0.1, 0.15) is 16.7 Å². The van der Waals surface area contributed by atoms with E-state index in [9.17, 15) is 5.11 Å². The molecule has 0 aliphatic carbocycles. The smallest absolute Gasteiger partial charge is 0.0702 e. The number of para-hydroxylation sites is 1. The lowest BCUT2D eigenvalue weighted by Gasteiger charge is -2.24. The van der Waals surface area contributed by atoms with Gasteiger partial charge in [-0.15, -0.1) is 0 Å². The SMILES string of the molecule is Cc1cc(C)cc(N(C)c2c(Cl)cccc2CO)c1. The summed E-state index contributed by atoms with van der Waals surface area (Å²) in [7, 11) is 1.97. The Morgan fingerprint density at radius 3 is 2.32 bits per heavy atom. The molecule has 3 heteroatoms. The highest BCUT2D eigenvalue weighted by molar-refractivity contribution is 6.33. The first-order valence-electron chi connectivity index (χ1n) is 6.23. The van der Waals surface area contributed by atoms with Gasteiger partial charge < -0.3 is 10.0 Å². The fourth-order valence-electron chi connectivity index (χ4n) is 2.34. The van der Waals surface area contributed by atoms with Gasteiger partial charge >= 0.3 is 0 Å². The highest BCUT2D eigenvalue weighted by atomic mass is 35.5. The van der Waals surface area contributed by atoms with Crippen molar-refractivity contribution >= 4 is 23.0 Å². The highest BCUT2D eigenvalue weighted by Crippen LogP contribution is 2.34. The topological polar surface area (TPSA) is 23.5 Å². The van der Waals surface area contributed by atoms with Crippen molar-refractivity contribution in [3.63, 3.8) is 0 Å². The van der Waals surface area contributed by atoms with Crippen molar-refractivity contribution in [2.75, 3.05) is 11.9 Å². The zero-order valence-electron chi connectivity index (χ0n) is 11.4. The summed E-state index contributed by atoms with van der Waals surface area (Å²) in [5.41, 5.74) is 5.17. The number of aliphatic hydroxyl groups is 1. The van der Waals surface area contributed by atoms with E-state index in [0.717, 1.165) is 16.9 Å². The summed E-state index contributed by atoms with van der Waals surface area (Å²) >= 11 is 6.28. The van der Waals surface area contributed by atoms with Crippen LogP contribution in [0.5, 0.6) is 0 Å². The highest BCUT2D eigenvalue weighted by Gasteiger charge is 2.13. The Bertz CT molecular complexity index is 575. The Hall–Kier alpha value is -1.51. The van der Waals surface area contributed by atoms with E-state index in [1.807, 2.05) is 30.1 Å². The van der Waals surface area contributed by atoms with E-state index >= 15 is 0 Å². The maximum atomic E-state index is 9.46. The molecule has 0 aliphatic heterocycles. The van der Waals surface area contributed by atoms with Crippen LogP contribution in [0.4, 0.5) is 11.4 Å². The third kappa shape index (κ3) is 2.91. The van der Waals surface area contributed by atoms with Gasteiger partial charge in [0.15, 0.2) is 0 Å². The van der Waals surface area contributed by atoms with Gasteiger partial charge in [0.05, 0.1) is 17.3 Å². The summed E-state index contributed by atoms with van der Waals surface area (Å²) < 4.78 is 0. The van der Waals surface area contributed by atoms with E-state index < -0.39 is 0 Å². The van der Waals surface area contributed by atoms with E-state index in [4.69, 9.17) is 11.6 Å². The first-order valence-corrected chi connectivity index (χ1v) is 6.61. The van der Waals surface area contributed by atoms with Crippen molar-refractivity contribution in [1.82, 2.24) is 0 Å². The van der Waals surface area contributed by atoms with Gasteiger partial charge in [0.25, 0.3) is 0 Å². The third-order valence-corrected chi connectivity index (χ3v) is 3.47. The number of anilines is 2. The van der Waals surface area contributed by atoms with Gasteiger partial charge in [-0.25, -0.2) is 0 Å². The molecule has 0 fully saturated rings. The maximum Gasteiger partial charge on any atom is 0.0702 e. The van der Waals surface area contributed by atoms with Crippen LogP contribution in [-0.4, -0.2) is 12.2 Å². The number of hydrogen-bond donors (Lipinski definition) is 1. The Kier molecular flexibility index (Phi) is 4.13. The lowest BCUT2D eigenvalue weighted by molar-refractivity contribution is 0.282. The Morgan fingerprint density at radius 1 is 1.11 bits per heavy atom. The molecule has 0 spiro atoms. The fourth-order valence-corrected chi connectivity index (χ4v) is 2.66. The monoisotopic (exact) mass is 275 g/mol. The van der Waals surface area contributed by atoms with E-state index in [-0.39, 0.29) is 6.61 Å². The zero-order valence-corrected chi connectivity index (χ0v) is 12.2. The van der Waals surface area contributed by atoms with Crippen LogP contribution in [-0.2, 0) is 6.61 Å². The van der Waals surface area contributed by atoms with E-state index in [1.165, 1.54) is 11.1 Å². The normalized spacial score (nSPS) is 10.6. The van der Waals surface area contributed by atoms with Crippen LogP contribution < -0.4 is 4.90 Å². The van der Waals surface area contributed by atoms with Crippen molar-refractivity contribution in [2.24, 2.45) is 0 Å². The van der Waals surface area contributed by atoms with Crippen LogP contribution >= 0.6 is 11.6 Å². The molecule has 0 radical (unpaired) electrons. The first-order chi connectivity index (χ1) is 9.02. The molecule has 0 heterocycles. The van der Waals surface area contributed by atoms with Gasteiger partial charge in [-0.05, 0) is 43.2 Å². The number of hydrogen-bond acceptors (Lipinski definition) is 2. The molecule has 2 rings (SSSR count). The minimum atomic E-state index is -0.0228. The largest absolute Gasteiger partial charge is 0.392 e. The lowest BCUT2D eigenvalue weighted by Crippen LogP contribution is -2.13. The van der Waals surface area contributed by atoms with Crippen LogP contribution in [0.3, 0.4) is 0 Å². The number of aryl methyl sites for hydroxylation is 2. The van der Waals surface area contributed by atoms with Gasteiger partial charge in [0, 0.05) is 18.3 Å². The molecule has 0 amide bonds. The van der Waals surface area contributed by atoms with Crippen molar-refractivity contribution in [2.45, 2.75) is 20.5 Å². The van der Waals surface area contributed by atoms with Crippen LogP contribution in [0.15, 0.2) is 36.4 Å². The van der Waals surface area contributed by atoms with Gasteiger partial charge in [0.2, 0.25) is 0 Å². The van der Waals surface area contributed by atoms with Crippen LogP contribution in [0, 0.1) is 13.8 Å². The minimum absolute atomic E-state index is 0.0228. The van der Waals surface area contributed by atoms with Gasteiger partial charge in [-0.2, -0.15) is 0 Å². The molecule has 0 unspecified atom stereocenters. The quantitative estimate of drug-likeness (QED) is 0.907. The predicted octanol–water partition coefficient (Wildman–Crippen LogP) is 4.22. The second-order valence-corrected chi connectivity index (χ2v) is 5.22. The van der Waals surface area contributed by atoms with Crippen LogP contribution in [0.25, 0.3) is 0 Å². The number of halogens is 1. The molecule has 0 saturated heterocycles. The average molecular weight is 276 g/mol. The van der Waals surface area contributed by atoms with E-state index in [2.05, 4.69) is 32.0 Å². The lowest BCUT2D eigenvalue weighted by atomic mass is 10.1. The molecule has 1 N–H and O–H groups in total. The Balaban J connectivity index is 2.52. The van der Waals surface area contributed by atoms with E-state index in [1.54, 1.807) is 0 Å². The Labute approximate surface area is 119 Å². The summed E-state index contributed by atoms with van der Waals surface area (Å²) in [5, 5.41) is 10.1. The van der Waals surface area contributed by atoms with Gasteiger partial charge in [-0.3, -0.25) is 0 Å². The third-order valence-electron chi connectivity index (χ3n) is 3.17. The standard InChI is InChI=1S/C16H18ClNO/c1-11-7-12(2)9-14(8-11)18(3)16-13(10-19)5-4-6-15(16)17/h4-9,19H,10H2,1-3H3. The average Bonchev–Trinajstić information content (AvgIpc) is 2.36. The number of aliphatic hydroxyl groups excluding tert-OH is 1. The summed E-state index contributed by atoms with van der Waals surface area (Å²) in [5.74, 6) is 0. The summed E-state index contributed by atoms with van der Waals surface area (Å²) in [6, 6.07) is 11.9. The molecular weight excluding hydrogens is 258 g/mol. The van der Waals surface area contributed by atoms with Crippen molar-refractivity contribution in [3.8, 4) is 0 Å².